The Morgan fingerprint density at radius 1 is 1.36 bits per heavy atom. The van der Waals surface area contributed by atoms with E-state index < -0.39 is 0 Å². The van der Waals surface area contributed by atoms with Crippen LogP contribution >= 0.6 is 12.4 Å². The molecule has 1 aromatic heterocycles. The molecule has 1 unspecified atom stereocenters. The zero-order valence-corrected chi connectivity index (χ0v) is 12.8. The highest BCUT2D eigenvalue weighted by atomic mass is 35.5. The molecule has 1 fully saturated rings. The van der Waals surface area contributed by atoms with Crippen molar-refractivity contribution in [2.75, 3.05) is 13.1 Å². The molecule has 1 aliphatic rings. The Bertz CT molecular complexity index is 643. The summed E-state index contributed by atoms with van der Waals surface area (Å²) in [5, 5.41) is 6.78. The summed E-state index contributed by atoms with van der Waals surface area (Å²) in [6.07, 6.45) is 3.37. The number of likely N-dealkylation sites (tertiary alicyclic amines) is 1. The zero-order valence-electron chi connectivity index (χ0n) is 12.0. The van der Waals surface area contributed by atoms with Gasteiger partial charge in [-0.3, -0.25) is 9.89 Å². The summed E-state index contributed by atoms with van der Waals surface area (Å²) in [6, 6.07) is 6.01. The van der Waals surface area contributed by atoms with E-state index in [9.17, 15) is 9.18 Å². The molecule has 0 spiro atoms. The Kier molecular flexibility index (Phi) is 5.15. The highest BCUT2D eigenvalue weighted by Gasteiger charge is 2.25. The number of carbonyl (C=O) groups is 1. The van der Waals surface area contributed by atoms with Crippen molar-refractivity contribution in [3.05, 3.63) is 41.8 Å². The predicted molar refractivity (Wildman–Crippen MR) is 84.3 cm³/mol. The van der Waals surface area contributed by atoms with E-state index in [1.165, 1.54) is 18.3 Å². The number of hydrogen-bond donors (Lipinski definition) is 2. The van der Waals surface area contributed by atoms with Gasteiger partial charge in [-0.15, -0.1) is 12.4 Å². The van der Waals surface area contributed by atoms with Crippen molar-refractivity contribution in [2.45, 2.75) is 18.9 Å². The summed E-state index contributed by atoms with van der Waals surface area (Å²) in [7, 11) is 0. The van der Waals surface area contributed by atoms with Gasteiger partial charge < -0.3 is 10.6 Å². The van der Waals surface area contributed by atoms with E-state index in [0.29, 0.717) is 24.3 Å². The second-order valence-corrected chi connectivity index (χ2v) is 5.32. The van der Waals surface area contributed by atoms with E-state index in [0.717, 1.165) is 18.4 Å². The molecule has 0 saturated carbocycles. The normalized spacial score (nSPS) is 17.9. The number of aromatic amines is 1. The van der Waals surface area contributed by atoms with Crippen LogP contribution in [0.3, 0.4) is 0 Å². The van der Waals surface area contributed by atoms with Gasteiger partial charge in [0.05, 0.1) is 17.5 Å². The van der Waals surface area contributed by atoms with Crippen LogP contribution in [0.4, 0.5) is 4.39 Å². The number of aromatic nitrogens is 2. The number of rotatable bonds is 2. The second kappa shape index (κ2) is 6.89. The summed E-state index contributed by atoms with van der Waals surface area (Å²) in [4.78, 5) is 14.4. The van der Waals surface area contributed by atoms with Gasteiger partial charge in [-0.05, 0) is 37.1 Å². The van der Waals surface area contributed by atoms with Gasteiger partial charge in [-0.1, -0.05) is 0 Å². The van der Waals surface area contributed by atoms with Crippen molar-refractivity contribution in [1.29, 1.82) is 0 Å². The predicted octanol–water partition coefficient (Wildman–Crippen LogP) is 2.20. The molecule has 1 aliphatic heterocycles. The number of nitrogens with two attached hydrogens (primary N) is 1. The van der Waals surface area contributed by atoms with Crippen molar-refractivity contribution in [2.24, 2.45) is 5.73 Å². The monoisotopic (exact) mass is 324 g/mol. The van der Waals surface area contributed by atoms with Gasteiger partial charge in [-0.2, -0.15) is 5.10 Å². The molecule has 5 nitrogen and oxygen atoms in total. The van der Waals surface area contributed by atoms with Crippen molar-refractivity contribution in [3.8, 4) is 11.3 Å². The molecule has 2 aromatic rings. The molecular weight excluding hydrogens is 307 g/mol. The lowest BCUT2D eigenvalue weighted by Gasteiger charge is -2.30. The fraction of sp³-hybridized carbons (Fsp3) is 0.333. The van der Waals surface area contributed by atoms with E-state index in [-0.39, 0.29) is 30.2 Å². The van der Waals surface area contributed by atoms with Crippen molar-refractivity contribution in [1.82, 2.24) is 15.1 Å². The van der Waals surface area contributed by atoms with Gasteiger partial charge in [0.1, 0.15) is 5.82 Å². The summed E-state index contributed by atoms with van der Waals surface area (Å²) in [5.74, 6) is -0.397. The van der Waals surface area contributed by atoms with E-state index in [1.54, 1.807) is 17.0 Å². The number of halogens is 2. The summed E-state index contributed by atoms with van der Waals surface area (Å²) in [5.41, 5.74) is 7.76. The number of piperidine rings is 1. The highest BCUT2D eigenvalue weighted by Crippen LogP contribution is 2.23. The minimum absolute atomic E-state index is 0. The molecule has 3 rings (SSSR count). The third-order valence-corrected chi connectivity index (χ3v) is 3.75. The Morgan fingerprint density at radius 2 is 2.09 bits per heavy atom. The maximum atomic E-state index is 13.0. The Labute approximate surface area is 134 Å². The third kappa shape index (κ3) is 3.28. The molecule has 0 aliphatic carbocycles. The maximum Gasteiger partial charge on any atom is 0.257 e. The average Bonchev–Trinajstić information content (AvgIpc) is 2.96. The molecule has 1 saturated heterocycles. The highest BCUT2D eigenvalue weighted by molar-refractivity contribution is 5.99. The fourth-order valence-corrected chi connectivity index (χ4v) is 2.65. The summed E-state index contributed by atoms with van der Waals surface area (Å²) in [6.45, 7) is 1.27. The van der Waals surface area contributed by atoms with E-state index in [1.807, 2.05) is 0 Å². The first-order valence-electron chi connectivity index (χ1n) is 6.99. The number of amides is 1. The maximum absolute atomic E-state index is 13.0. The smallest absolute Gasteiger partial charge is 0.257 e. The minimum Gasteiger partial charge on any atom is -0.337 e. The van der Waals surface area contributed by atoms with Crippen molar-refractivity contribution >= 4 is 18.3 Å². The lowest BCUT2D eigenvalue weighted by Crippen LogP contribution is -2.45. The van der Waals surface area contributed by atoms with Crippen molar-refractivity contribution < 1.29 is 9.18 Å². The molecule has 2 heterocycles. The van der Waals surface area contributed by atoms with Crippen LogP contribution in [0.2, 0.25) is 0 Å². The third-order valence-electron chi connectivity index (χ3n) is 3.75. The van der Waals surface area contributed by atoms with Crippen molar-refractivity contribution in [3.63, 3.8) is 0 Å². The van der Waals surface area contributed by atoms with Crippen LogP contribution in [-0.2, 0) is 0 Å². The number of nitrogens with one attached hydrogen (secondary N) is 1. The Balaban J connectivity index is 0.00000176. The van der Waals surface area contributed by atoms with E-state index in [2.05, 4.69) is 10.2 Å². The molecule has 1 aromatic carbocycles. The van der Waals surface area contributed by atoms with Gasteiger partial charge in [0.15, 0.2) is 0 Å². The molecule has 7 heteroatoms. The molecule has 1 atom stereocenters. The zero-order chi connectivity index (χ0) is 14.8. The number of benzene rings is 1. The van der Waals surface area contributed by atoms with E-state index in [4.69, 9.17) is 5.73 Å². The van der Waals surface area contributed by atoms with Crippen LogP contribution in [0.5, 0.6) is 0 Å². The van der Waals surface area contributed by atoms with Crippen LogP contribution < -0.4 is 5.73 Å². The average molecular weight is 325 g/mol. The standard InChI is InChI=1S/C15H17FN4O.ClH/c16-11-5-3-10(4-6-11)14-13(8-18-19-14)15(21)20-7-1-2-12(17)9-20;/h3-6,8,12H,1-2,7,9,17H2,(H,18,19);1H. The number of carbonyl (C=O) groups excluding carboxylic acids is 1. The summed E-state index contributed by atoms with van der Waals surface area (Å²) < 4.78 is 13.0. The second-order valence-electron chi connectivity index (χ2n) is 5.32. The van der Waals surface area contributed by atoms with Gasteiger partial charge >= 0.3 is 0 Å². The molecule has 0 bridgehead atoms. The fourth-order valence-electron chi connectivity index (χ4n) is 2.65. The van der Waals surface area contributed by atoms with Crippen LogP contribution in [0.25, 0.3) is 11.3 Å². The number of H-pyrrole nitrogens is 1. The largest absolute Gasteiger partial charge is 0.337 e. The molecular formula is C15H18ClFN4O. The van der Waals surface area contributed by atoms with Crippen LogP contribution in [0.1, 0.15) is 23.2 Å². The van der Waals surface area contributed by atoms with E-state index >= 15 is 0 Å². The molecule has 0 radical (unpaired) electrons. The first-order valence-corrected chi connectivity index (χ1v) is 6.99. The minimum atomic E-state index is -0.312. The topological polar surface area (TPSA) is 75.0 Å². The van der Waals surface area contributed by atoms with Gasteiger partial charge in [0.25, 0.3) is 5.91 Å². The lowest BCUT2D eigenvalue weighted by atomic mass is 10.0. The quantitative estimate of drug-likeness (QED) is 0.889. The van der Waals surface area contributed by atoms with Crippen LogP contribution in [0.15, 0.2) is 30.5 Å². The first kappa shape index (κ1) is 16.5. The number of hydrogen-bond acceptors (Lipinski definition) is 3. The molecule has 22 heavy (non-hydrogen) atoms. The van der Waals surface area contributed by atoms with Crippen LogP contribution in [0, 0.1) is 5.82 Å². The van der Waals surface area contributed by atoms with Crippen LogP contribution in [-0.4, -0.2) is 40.1 Å². The molecule has 1 amide bonds. The lowest BCUT2D eigenvalue weighted by molar-refractivity contribution is 0.0709. The SMILES string of the molecule is Cl.NC1CCCN(C(=O)c2cn[nH]c2-c2ccc(F)cc2)C1. The van der Waals surface area contributed by atoms with Gasteiger partial charge in [0.2, 0.25) is 0 Å². The first-order chi connectivity index (χ1) is 10.1. The number of nitrogens with zero attached hydrogens (tertiary/aromatic N) is 2. The van der Waals surface area contributed by atoms with Gasteiger partial charge in [0, 0.05) is 24.7 Å². The Morgan fingerprint density at radius 3 is 2.77 bits per heavy atom. The molecule has 118 valence electrons. The molecule has 3 N–H and O–H groups in total. The Hall–Kier alpha value is -1.92. The summed E-state index contributed by atoms with van der Waals surface area (Å²) >= 11 is 0. The van der Waals surface area contributed by atoms with Gasteiger partial charge in [-0.25, -0.2) is 4.39 Å².